The summed E-state index contributed by atoms with van der Waals surface area (Å²) < 4.78 is 2.14. The number of aromatic nitrogens is 3. The van der Waals surface area contributed by atoms with Crippen molar-refractivity contribution in [2.75, 3.05) is 17.6 Å². The summed E-state index contributed by atoms with van der Waals surface area (Å²) in [6.07, 6.45) is 5.48. The van der Waals surface area contributed by atoms with Crippen molar-refractivity contribution in [1.82, 2.24) is 14.5 Å². The van der Waals surface area contributed by atoms with Crippen LogP contribution in [0.15, 0.2) is 30.5 Å². The van der Waals surface area contributed by atoms with Gasteiger partial charge in [-0.2, -0.15) is 4.98 Å². The first kappa shape index (κ1) is 18.2. The van der Waals surface area contributed by atoms with Crippen molar-refractivity contribution in [2.45, 2.75) is 46.3 Å². The number of anilines is 2. The number of fused-ring (bicyclic) bond motifs is 1. The zero-order valence-corrected chi connectivity index (χ0v) is 15.5. The number of aliphatic hydroxyl groups excluding tert-OH is 1. The van der Waals surface area contributed by atoms with E-state index in [0.717, 1.165) is 35.4 Å². The summed E-state index contributed by atoms with van der Waals surface area (Å²) in [5, 5.41) is 12.8. The number of nitrogen functional groups attached to an aromatic ring is 1. The van der Waals surface area contributed by atoms with Crippen molar-refractivity contribution in [3.05, 3.63) is 47.2 Å². The zero-order valence-electron chi connectivity index (χ0n) is 15.5. The molecule has 3 aromatic rings. The Kier molecular flexibility index (Phi) is 5.73. The van der Waals surface area contributed by atoms with E-state index in [0.29, 0.717) is 6.54 Å². The third-order valence-corrected chi connectivity index (χ3v) is 4.64. The van der Waals surface area contributed by atoms with Crippen molar-refractivity contribution in [3.63, 3.8) is 0 Å². The molecule has 0 radical (unpaired) electrons. The highest BCUT2D eigenvalue weighted by atomic mass is 16.3. The van der Waals surface area contributed by atoms with Crippen molar-refractivity contribution in [2.24, 2.45) is 0 Å². The molecule has 4 N–H and O–H groups in total. The van der Waals surface area contributed by atoms with Gasteiger partial charge in [0.2, 0.25) is 5.95 Å². The maximum absolute atomic E-state index is 9.42. The summed E-state index contributed by atoms with van der Waals surface area (Å²) in [6, 6.07) is 8.02. The highest BCUT2D eigenvalue weighted by molar-refractivity contribution is 5.87. The molecule has 0 spiro atoms. The number of aliphatic hydroxyl groups is 1. The van der Waals surface area contributed by atoms with Crippen LogP contribution in [0.2, 0.25) is 0 Å². The van der Waals surface area contributed by atoms with Gasteiger partial charge in [-0.05, 0) is 36.1 Å². The maximum atomic E-state index is 9.42. The molecular formula is C20H27N5O. The minimum Gasteiger partial charge on any atom is -0.392 e. The van der Waals surface area contributed by atoms with Gasteiger partial charge in [-0.25, -0.2) is 4.98 Å². The fraction of sp³-hybridized carbons (Fsp3) is 0.400. The van der Waals surface area contributed by atoms with Crippen LogP contribution in [0.4, 0.5) is 11.8 Å². The van der Waals surface area contributed by atoms with Gasteiger partial charge in [-0.3, -0.25) is 0 Å². The van der Waals surface area contributed by atoms with Crippen LogP contribution in [-0.4, -0.2) is 26.2 Å². The first-order valence-electron chi connectivity index (χ1n) is 9.18. The molecule has 138 valence electrons. The fourth-order valence-electron chi connectivity index (χ4n) is 3.14. The molecule has 26 heavy (non-hydrogen) atoms. The van der Waals surface area contributed by atoms with E-state index in [1.54, 1.807) is 0 Å². The summed E-state index contributed by atoms with van der Waals surface area (Å²) >= 11 is 0. The molecule has 0 aliphatic heterocycles. The minimum atomic E-state index is 0.0452. The Morgan fingerprint density at radius 3 is 2.81 bits per heavy atom. The Morgan fingerprint density at radius 1 is 1.19 bits per heavy atom. The van der Waals surface area contributed by atoms with E-state index in [2.05, 4.69) is 33.7 Å². The van der Waals surface area contributed by atoms with Crippen LogP contribution in [0.25, 0.3) is 11.0 Å². The number of nitrogens with one attached hydrogen (secondary N) is 1. The lowest BCUT2D eigenvalue weighted by Crippen LogP contribution is -2.09. The first-order valence-corrected chi connectivity index (χ1v) is 9.18. The van der Waals surface area contributed by atoms with Crippen LogP contribution in [0.1, 0.15) is 42.9 Å². The number of benzene rings is 1. The number of rotatable bonds is 8. The number of hydrogen-bond acceptors (Lipinski definition) is 5. The number of unbranched alkanes of at least 4 members (excludes halogenated alkanes) is 2. The quantitative estimate of drug-likeness (QED) is 0.540. The fourth-order valence-corrected chi connectivity index (χ4v) is 3.14. The number of hydrogen-bond donors (Lipinski definition) is 3. The Bertz CT molecular complexity index is 887. The lowest BCUT2D eigenvalue weighted by Gasteiger charge is -2.13. The van der Waals surface area contributed by atoms with Crippen LogP contribution >= 0.6 is 0 Å². The molecule has 2 heterocycles. The van der Waals surface area contributed by atoms with Crippen LogP contribution in [-0.2, 0) is 13.2 Å². The molecule has 0 aliphatic carbocycles. The molecule has 0 bridgehead atoms. The van der Waals surface area contributed by atoms with E-state index in [9.17, 15) is 5.11 Å². The Morgan fingerprint density at radius 2 is 2.04 bits per heavy atom. The van der Waals surface area contributed by atoms with E-state index in [-0.39, 0.29) is 12.6 Å². The third-order valence-electron chi connectivity index (χ3n) is 4.64. The van der Waals surface area contributed by atoms with Gasteiger partial charge in [0, 0.05) is 19.3 Å². The Labute approximate surface area is 154 Å². The van der Waals surface area contributed by atoms with Gasteiger partial charge < -0.3 is 20.7 Å². The summed E-state index contributed by atoms with van der Waals surface area (Å²) in [6.45, 7) is 5.88. The number of nitrogens with two attached hydrogens (primary N) is 1. The lowest BCUT2D eigenvalue weighted by atomic mass is 10.1. The van der Waals surface area contributed by atoms with E-state index in [4.69, 9.17) is 5.73 Å². The molecule has 6 heteroatoms. The van der Waals surface area contributed by atoms with Gasteiger partial charge >= 0.3 is 0 Å². The van der Waals surface area contributed by atoms with Crippen LogP contribution < -0.4 is 11.1 Å². The van der Waals surface area contributed by atoms with E-state index < -0.39 is 0 Å². The van der Waals surface area contributed by atoms with Crippen LogP contribution in [0, 0.1) is 6.92 Å². The molecule has 1 aromatic carbocycles. The van der Waals surface area contributed by atoms with Gasteiger partial charge in [0.25, 0.3) is 0 Å². The van der Waals surface area contributed by atoms with Crippen molar-refractivity contribution >= 4 is 22.8 Å². The molecule has 0 amide bonds. The second-order valence-electron chi connectivity index (χ2n) is 6.66. The molecule has 0 aliphatic rings. The number of nitrogens with zero attached hydrogens (tertiary/aromatic N) is 3. The predicted octanol–water partition coefficient (Wildman–Crippen LogP) is 3.46. The van der Waals surface area contributed by atoms with Crippen LogP contribution in [0.5, 0.6) is 0 Å². The number of aryl methyl sites for hydroxylation is 1. The average Bonchev–Trinajstić information content (AvgIpc) is 3.03. The van der Waals surface area contributed by atoms with E-state index in [1.165, 1.54) is 24.0 Å². The molecule has 0 saturated heterocycles. The highest BCUT2D eigenvalue weighted by Gasteiger charge is 2.12. The molecule has 0 unspecified atom stereocenters. The summed E-state index contributed by atoms with van der Waals surface area (Å²) in [5.41, 5.74) is 11.0. The highest BCUT2D eigenvalue weighted by Crippen LogP contribution is 2.24. The Hall–Kier alpha value is -2.60. The first-order chi connectivity index (χ1) is 12.6. The molecule has 6 nitrogen and oxygen atoms in total. The smallest absolute Gasteiger partial charge is 0.222 e. The third kappa shape index (κ3) is 3.96. The predicted molar refractivity (Wildman–Crippen MR) is 106 cm³/mol. The average molecular weight is 353 g/mol. The second kappa shape index (κ2) is 8.19. The molecule has 0 saturated carbocycles. The standard InChI is InChI=1S/C20H27N5O/c1-3-4-5-9-22-19-18-17(23-20(21)24-19)8-10-25(18)12-16-11-15(13-26)7-6-14(16)2/h6-8,10-11,26H,3-5,9,12-13H2,1-2H3,(H3,21,22,23,24). The monoisotopic (exact) mass is 353 g/mol. The summed E-state index contributed by atoms with van der Waals surface area (Å²) in [4.78, 5) is 8.79. The largest absolute Gasteiger partial charge is 0.392 e. The van der Waals surface area contributed by atoms with Crippen molar-refractivity contribution in [3.8, 4) is 0 Å². The molecule has 3 rings (SSSR count). The zero-order chi connectivity index (χ0) is 18.5. The lowest BCUT2D eigenvalue weighted by molar-refractivity contribution is 0.281. The summed E-state index contributed by atoms with van der Waals surface area (Å²) in [5.74, 6) is 1.07. The van der Waals surface area contributed by atoms with Gasteiger partial charge in [-0.15, -0.1) is 0 Å². The Balaban J connectivity index is 1.94. The van der Waals surface area contributed by atoms with Gasteiger partial charge in [0.15, 0.2) is 5.82 Å². The minimum absolute atomic E-state index is 0.0452. The molecule has 0 fully saturated rings. The van der Waals surface area contributed by atoms with Crippen molar-refractivity contribution in [1.29, 1.82) is 0 Å². The van der Waals surface area contributed by atoms with Crippen molar-refractivity contribution < 1.29 is 5.11 Å². The second-order valence-corrected chi connectivity index (χ2v) is 6.66. The van der Waals surface area contributed by atoms with E-state index in [1.807, 2.05) is 30.5 Å². The van der Waals surface area contributed by atoms with Gasteiger partial charge in [0.1, 0.15) is 5.52 Å². The SMILES string of the molecule is CCCCCNc1nc(N)nc2ccn(Cc3cc(CO)ccc3C)c12. The molecule has 0 atom stereocenters. The van der Waals surface area contributed by atoms with Gasteiger partial charge in [-0.1, -0.05) is 38.0 Å². The summed E-state index contributed by atoms with van der Waals surface area (Å²) in [7, 11) is 0. The molecular weight excluding hydrogens is 326 g/mol. The topological polar surface area (TPSA) is 89.0 Å². The normalized spacial score (nSPS) is 11.2. The van der Waals surface area contributed by atoms with Gasteiger partial charge in [0.05, 0.1) is 12.1 Å². The van der Waals surface area contributed by atoms with E-state index >= 15 is 0 Å². The van der Waals surface area contributed by atoms with Crippen LogP contribution in [0.3, 0.4) is 0 Å². The molecule has 2 aromatic heterocycles. The maximum Gasteiger partial charge on any atom is 0.222 e.